The first-order valence-corrected chi connectivity index (χ1v) is 11.2. The Morgan fingerprint density at radius 3 is 2.48 bits per heavy atom. The van der Waals surface area contributed by atoms with Crippen LogP contribution in [0.1, 0.15) is 5.69 Å². The molecule has 2 aromatic carbocycles. The van der Waals surface area contributed by atoms with Crippen LogP contribution in [-0.2, 0) is 18.9 Å². The van der Waals surface area contributed by atoms with Crippen molar-refractivity contribution >= 4 is 23.4 Å². The first-order chi connectivity index (χ1) is 15.9. The van der Waals surface area contributed by atoms with Crippen molar-refractivity contribution in [2.45, 2.75) is 12.1 Å². The van der Waals surface area contributed by atoms with Crippen LogP contribution in [0.3, 0.4) is 0 Å². The van der Waals surface area contributed by atoms with E-state index in [1.807, 2.05) is 66.2 Å². The number of nitrogens with zero attached hydrogens (tertiary/aromatic N) is 5. The van der Waals surface area contributed by atoms with Crippen molar-refractivity contribution in [2.75, 3.05) is 18.2 Å². The third-order valence-corrected chi connectivity index (χ3v) is 6.35. The van der Waals surface area contributed by atoms with Gasteiger partial charge in [-0.2, -0.15) is 0 Å². The second-order valence-electron chi connectivity index (χ2n) is 7.34. The summed E-state index contributed by atoms with van der Waals surface area (Å²) in [7, 11) is 5.22. The van der Waals surface area contributed by atoms with Crippen LogP contribution in [0, 0.1) is 6.92 Å². The summed E-state index contributed by atoms with van der Waals surface area (Å²) in [6.07, 6.45) is 0. The van der Waals surface area contributed by atoms with E-state index >= 15 is 0 Å². The molecule has 0 aliphatic carbocycles. The topological polar surface area (TPSA) is 96.0 Å². The van der Waals surface area contributed by atoms with E-state index in [1.54, 1.807) is 25.8 Å². The maximum atomic E-state index is 13.0. The molecule has 10 heteroatoms. The van der Waals surface area contributed by atoms with E-state index in [0.29, 0.717) is 22.4 Å². The molecule has 0 fully saturated rings. The number of methoxy groups -OCH3 is 1. The Morgan fingerprint density at radius 2 is 1.76 bits per heavy atom. The Balaban J connectivity index is 1.49. The molecular weight excluding hydrogens is 440 g/mol. The Morgan fingerprint density at radius 1 is 1.06 bits per heavy atom. The number of para-hydroxylation sites is 2. The molecule has 1 amide bonds. The minimum absolute atomic E-state index is 0.0804. The van der Waals surface area contributed by atoms with E-state index in [2.05, 4.69) is 15.5 Å². The molecule has 0 radical (unpaired) electrons. The van der Waals surface area contributed by atoms with Gasteiger partial charge in [0, 0.05) is 14.1 Å². The third kappa shape index (κ3) is 4.29. The van der Waals surface area contributed by atoms with Gasteiger partial charge in [0.2, 0.25) is 5.91 Å². The highest BCUT2D eigenvalue weighted by atomic mass is 32.2. The van der Waals surface area contributed by atoms with Crippen molar-refractivity contribution < 1.29 is 9.53 Å². The SMILES string of the molecule is COc1ccccc1-c1nnc(SCC(=O)Nc2c(C)n(C)n(-c3ccccc3)c2=O)n1C. The highest BCUT2D eigenvalue weighted by molar-refractivity contribution is 7.99. The number of carbonyl (C=O) groups is 1. The van der Waals surface area contributed by atoms with Crippen molar-refractivity contribution in [3.8, 4) is 22.8 Å². The van der Waals surface area contributed by atoms with Crippen LogP contribution >= 0.6 is 11.8 Å². The highest BCUT2D eigenvalue weighted by Gasteiger charge is 2.20. The van der Waals surface area contributed by atoms with Crippen molar-refractivity contribution in [1.29, 1.82) is 0 Å². The second-order valence-corrected chi connectivity index (χ2v) is 8.28. The van der Waals surface area contributed by atoms with E-state index in [-0.39, 0.29) is 22.9 Å². The number of amides is 1. The standard InChI is InChI=1S/C23H24N6O3S/c1-15-20(22(31)29(28(15)3)16-10-6-5-7-11-16)24-19(30)14-33-23-26-25-21(27(23)2)17-12-8-9-13-18(17)32-4/h5-13H,14H2,1-4H3,(H,24,30). The summed E-state index contributed by atoms with van der Waals surface area (Å²) in [6, 6.07) is 16.8. The number of hydrogen-bond donors (Lipinski definition) is 1. The smallest absolute Gasteiger partial charge is 0.295 e. The monoisotopic (exact) mass is 464 g/mol. The second kappa shape index (κ2) is 9.37. The van der Waals surface area contributed by atoms with Gasteiger partial charge >= 0.3 is 0 Å². The van der Waals surface area contributed by atoms with Gasteiger partial charge < -0.3 is 14.6 Å². The molecule has 0 bridgehead atoms. The van der Waals surface area contributed by atoms with Crippen LogP contribution in [-0.4, -0.2) is 42.9 Å². The van der Waals surface area contributed by atoms with Crippen LogP contribution in [0.4, 0.5) is 5.69 Å². The zero-order chi connectivity index (χ0) is 23.5. The molecule has 33 heavy (non-hydrogen) atoms. The lowest BCUT2D eigenvalue weighted by atomic mass is 10.2. The summed E-state index contributed by atoms with van der Waals surface area (Å²) in [6.45, 7) is 1.80. The molecular formula is C23H24N6O3S. The lowest BCUT2D eigenvalue weighted by Crippen LogP contribution is -2.23. The first kappa shape index (κ1) is 22.4. The molecule has 0 aliphatic heterocycles. The number of anilines is 1. The Kier molecular flexibility index (Phi) is 6.36. The number of thioether (sulfide) groups is 1. The molecule has 9 nitrogen and oxygen atoms in total. The highest BCUT2D eigenvalue weighted by Crippen LogP contribution is 2.30. The van der Waals surface area contributed by atoms with E-state index in [0.717, 1.165) is 11.3 Å². The van der Waals surface area contributed by atoms with Crippen molar-refractivity contribution in [2.24, 2.45) is 14.1 Å². The molecule has 4 aromatic rings. The molecule has 2 aromatic heterocycles. The molecule has 4 rings (SSSR count). The average molecular weight is 465 g/mol. The van der Waals surface area contributed by atoms with E-state index in [4.69, 9.17) is 4.74 Å². The quantitative estimate of drug-likeness (QED) is 0.423. The summed E-state index contributed by atoms with van der Waals surface area (Å²) < 4.78 is 10.5. The molecule has 0 atom stereocenters. The zero-order valence-electron chi connectivity index (χ0n) is 18.8. The number of benzene rings is 2. The lowest BCUT2D eigenvalue weighted by molar-refractivity contribution is -0.113. The number of carbonyl (C=O) groups excluding carboxylic acids is 1. The zero-order valence-corrected chi connectivity index (χ0v) is 19.6. The predicted octanol–water partition coefficient (Wildman–Crippen LogP) is 3.02. The lowest BCUT2D eigenvalue weighted by Gasteiger charge is -2.08. The van der Waals surface area contributed by atoms with Gasteiger partial charge in [-0.05, 0) is 31.2 Å². The van der Waals surface area contributed by atoms with Crippen molar-refractivity contribution in [1.82, 2.24) is 24.1 Å². The summed E-state index contributed by atoms with van der Waals surface area (Å²) in [4.78, 5) is 25.6. The molecule has 2 heterocycles. The normalized spacial score (nSPS) is 10.9. The number of ether oxygens (including phenoxy) is 1. The fourth-order valence-electron chi connectivity index (χ4n) is 3.52. The van der Waals surface area contributed by atoms with Gasteiger partial charge in [0.25, 0.3) is 5.56 Å². The van der Waals surface area contributed by atoms with E-state index in [1.165, 1.54) is 16.4 Å². The molecule has 0 spiro atoms. The average Bonchev–Trinajstić information content (AvgIpc) is 3.30. The summed E-state index contributed by atoms with van der Waals surface area (Å²) in [5, 5.41) is 11.8. The molecule has 1 N–H and O–H groups in total. The minimum Gasteiger partial charge on any atom is -0.496 e. The Hall–Kier alpha value is -3.79. The fraction of sp³-hybridized carbons (Fsp3) is 0.217. The maximum Gasteiger partial charge on any atom is 0.295 e. The molecule has 0 saturated heterocycles. The fourth-order valence-corrected chi connectivity index (χ4v) is 4.23. The summed E-state index contributed by atoms with van der Waals surface area (Å²) in [5.74, 6) is 1.11. The largest absolute Gasteiger partial charge is 0.496 e. The minimum atomic E-state index is -0.298. The van der Waals surface area contributed by atoms with E-state index in [9.17, 15) is 9.59 Å². The van der Waals surface area contributed by atoms with Crippen LogP contribution in [0.5, 0.6) is 5.75 Å². The van der Waals surface area contributed by atoms with Crippen LogP contribution in [0.25, 0.3) is 17.1 Å². The Labute approximate surface area is 195 Å². The number of aromatic nitrogens is 5. The first-order valence-electron chi connectivity index (χ1n) is 10.2. The molecule has 0 unspecified atom stereocenters. The summed E-state index contributed by atoms with van der Waals surface area (Å²) in [5.41, 5.74) is 2.19. The van der Waals surface area contributed by atoms with Crippen LogP contribution in [0.2, 0.25) is 0 Å². The van der Waals surface area contributed by atoms with Crippen LogP contribution < -0.4 is 15.6 Å². The number of hydrogen-bond acceptors (Lipinski definition) is 6. The predicted molar refractivity (Wildman–Crippen MR) is 128 cm³/mol. The van der Waals surface area contributed by atoms with Crippen molar-refractivity contribution in [3.63, 3.8) is 0 Å². The van der Waals surface area contributed by atoms with Gasteiger partial charge in [-0.1, -0.05) is 42.1 Å². The van der Waals surface area contributed by atoms with Crippen molar-refractivity contribution in [3.05, 3.63) is 70.6 Å². The van der Waals surface area contributed by atoms with Crippen LogP contribution in [0.15, 0.2) is 64.5 Å². The van der Waals surface area contributed by atoms with Gasteiger partial charge in [0.15, 0.2) is 11.0 Å². The molecule has 170 valence electrons. The van der Waals surface area contributed by atoms with Gasteiger partial charge in [-0.25, -0.2) is 4.68 Å². The number of rotatable bonds is 7. The summed E-state index contributed by atoms with van der Waals surface area (Å²) >= 11 is 1.24. The Bertz CT molecular complexity index is 1360. The van der Waals surface area contributed by atoms with Gasteiger partial charge in [0.05, 0.1) is 29.8 Å². The maximum absolute atomic E-state index is 13.0. The number of nitrogens with one attached hydrogen (secondary N) is 1. The third-order valence-electron chi connectivity index (χ3n) is 5.33. The van der Waals surface area contributed by atoms with Gasteiger partial charge in [-0.3, -0.25) is 14.3 Å². The molecule has 0 aliphatic rings. The molecule has 0 saturated carbocycles. The van der Waals surface area contributed by atoms with Gasteiger partial charge in [0.1, 0.15) is 11.4 Å². The van der Waals surface area contributed by atoms with Gasteiger partial charge in [-0.15, -0.1) is 10.2 Å². The van der Waals surface area contributed by atoms with E-state index < -0.39 is 0 Å².